The highest BCUT2D eigenvalue weighted by Crippen LogP contribution is 2.25. The summed E-state index contributed by atoms with van der Waals surface area (Å²) in [5, 5.41) is 6.12. The number of nitrogens with one attached hydrogen (secondary N) is 3. The number of carbonyl (C=O) groups is 3. The third-order valence-corrected chi connectivity index (χ3v) is 6.47. The maximum atomic E-state index is 13.1. The third kappa shape index (κ3) is 5.40. The molecule has 0 spiro atoms. The van der Waals surface area contributed by atoms with E-state index >= 15 is 0 Å². The molecule has 0 radical (unpaired) electrons. The number of rotatable bonds is 4. The Hall–Kier alpha value is -2.95. The van der Waals surface area contributed by atoms with E-state index < -0.39 is 17.7 Å². The second kappa shape index (κ2) is 10.1. The molecule has 172 valence electrons. The average molecular weight is 649 g/mol. The van der Waals surface area contributed by atoms with E-state index in [2.05, 4.69) is 63.8 Å². The van der Waals surface area contributed by atoms with E-state index in [4.69, 9.17) is 0 Å². The summed E-state index contributed by atoms with van der Waals surface area (Å²) in [6.07, 6.45) is 0. The van der Waals surface area contributed by atoms with Crippen molar-refractivity contribution >= 4 is 87.8 Å². The number of fused-ring (bicyclic) bond motifs is 1. The van der Waals surface area contributed by atoms with Gasteiger partial charge in [0, 0.05) is 30.2 Å². The van der Waals surface area contributed by atoms with Crippen molar-refractivity contribution in [2.45, 2.75) is 6.92 Å². The zero-order valence-electron chi connectivity index (χ0n) is 17.7. The van der Waals surface area contributed by atoms with Crippen molar-refractivity contribution in [1.29, 1.82) is 0 Å². The Balaban J connectivity index is 1.62. The van der Waals surface area contributed by atoms with E-state index in [0.29, 0.717) is 22.3 Å². The van der Waals surface area contributed by atoms with Crippen molar-refractivity contribution in [3.05, 3.63) is 91.4 Å². The van der Waals surface area contributed by atoms with Crippen molar-refractivity contribution < 1.29 is 14.4 Å². The Morgan fingerprint density at radius 1 is 0.735 bits per heavy atom. The van der Waals surface area contributed by atoms with Gasteiger partial charge in [0.15, 0.2) is 0 Å². The quantitative estimate of drug-likeness (QED) is 0.230. The van der Waals surface area contributed by atoms with Crippen molar-refractivity contribution in [3.63, 3.8) is 0 Å². The van der Waals surface area contributed by atoms with Gasteiger partial charge in [-0.1, -0.05) is 47.8 Å². The maximum absolute atomic E-state index is 13.1. The number of carbonyl (C=O) groups excluding carboxylic acids is 3. The molecule has 0 aliphatic heterocycles. The lowest BCUT2D eigenvalue weighted by atomic mass is 10.2. The Labute approximate surface area is 220 Å². The predicted molar refractivity (Wildman–Crippen MR) is 144 cm³/mol. The van der Waals surface area contributed by atoms with Gasteiger partial charge < -0.3 is 10.6 Å². The van der Waals surface area contributed by atoms with Gasteiger partial charge in [-0.3, -0.25) is 19.8 Å². The van der Waals surface area contributed by atoms with Crippen LogP contribution in [0.1, 0.15) is 16.1 Å². The molecule has 34 heavy (non-hydrogen) atoms. The minimum absolute atomic E-state index is 0.164. The zero-order valence-corrected chi connectivity index (χ0v) is 22.4. The number of anilines is 2. The van der Waals surface area contributed by atoms with Gasteiger partial charge in [-0.2, -0.15) is 0 Å². The summed E-state index contributed by atoms with van der Waals surface area (Å²) in [5.74, 6) is -2.22. The van der Waals surface area contributed by atoms with E-state index in [1.54, 1.807) is 54.6 Å². The van der Waals surface area contributed by atoms with Gasteiger partial charge in [-0.05, 0) is 79.2 Å². The van der Waals surface area contributed by atoms with Crippen molar-refractivity contribution in [3.8, 4) is 0 Å². The van der Waals surface area contributed by atoms with Gasteiger partial charge in [0.2, 0.25) is 0 Å². The molecular weight excluding hydrogens is 632 g/mol. The molecule has 1 heterocycles. The van der Waals surface area contributed by atoms with Gasteiger partial charge in [0.05, 0.1) is 5.52 Å². The molecule has 0 saturated carbocycles. The van der Waals surface area contributed by atoms with Crippen LogP contribution < -0.4 is 16.1 Å². The van der Waals surface area contributed by atoms with E-state index in [1.165, 1.54) is 4.68 Å². The third-order valence-electron chi connectivity index (χ3n) is 4.95. The number of hydrogen-bond acceptors (Lipinski definition) is 3. The Morgan fingerprint density at radius 3 is 2.09 bits per heavy atom. The number of amides is 3. The van der Waals surface area contributed by atoms with Crippen molar-refractivity contribution in [2.24, 2.45) is 0 Å². The number of aromatic nitrogens is 1. The molecule has 0 atom stereocenters. The van der Waals surface area contributed by atoms with E-state index in [1.807, 2.05) is 19.1 Å². The Bertz CT molecular complexity index is 1430. The van der Waals surface area contributed by atoms with Crippen LogP contribution in [-0.4, -0.2) is 22.4 Å². The van der Waals surface area contributed by atoms with Crippen LogP contribution in [0.2, 0.25) is 0 Å². The smallest absolute Gasteiger partial charge is 0.321 e. The van der Waals surface area contributed by atoms with E-state index in [-0.39, 0.29) is 5.69 Å². The van der Waals surface area contributed by atoms with Gasteiger partial charge in [0.1, 0.15) is 5.69 Å². The average Bonchev–Trinajstić information content (AvgIpc) is 3.14. The fourth-order valence-electron chi connectivity index (χ4n) is 3.30. The molecule has 4 rings (SSSR count). The molecule has 0 bridgehead atoms. The van der Waals surface area contributed by atoms with Crippen molar-refractivity contribution in [2.75, 3.05) is 16.1 Å². The van der Waals surface area contributed by atoms with Gasteiger partial charge >= 0.3 is 11.8 Å². The molecule has 0 aliphatic carbocycles. The zero-order chi connectivity index (χ0) is 24.4. The summed E-state index contributed by atoms with van der Waals surface area (Å²) in [6.45, 7) is 1.82. The lowest BCUT2D eigenvalue weighted by molar-refractivity contribution is -0.133. The highest BCUT2D eigenvalue weighted by atomic mass is 79.9. The van der Waals surface area contributed by atoms with Crippen molar-refractivity contribution in [1.82, 2.24) is 4.68 Å². The second-order valence-electron chi connectivity index (χ2n) is 7.38. The van der Waals surface area contributed by atoms with Crippen LogP contribution in [0.15, 0.2) is 80.1 Å². The summed E-state index contributed by atoms with van der Waals surface area (Å²) < 4.78 is 3.86. The molecule has 0 aliphatic rings. The summed E-state index contributed by atoms with van der Waals surface area (Å²) in [4.78, 5) is 38.5. The summed E-state index contributed by atoms with van der Waals surface area (Å²) in [7, 11) is 0. The first-order chi connectivity index (χ1) is 16.2. The molecular formula is C24H17Br3N4O3. The number of benzene rings is 3. The second-order valence-corrected chi connectivity index (χ2v) is 10.1. The minimum Gasteiger partial charge on any atom is -0.321 e. The first-order valence-electron chi connectivity index (χ1n) is 9.97. The number of hydrogen-bond donors (Lipinski definition) is 3. The molecule has 0 fully saturated rings. The van der Waals surface area contributed by atoms with Crippen LogP contribution in [0, 0.1) is 6.92 Å². The first kappa shape index (κ1) is 24.2. The molecule has 0 unspecified atom stereocenters. The Morgan fingerprint density at radius 2 is 1.38 bits per heavy atom. The van der Waals surface area contributed by atoms with Gasteiger partial charge in [-0.25, -0.2) is 4.68 Å². The highest BCUT2D eigenvalue weighted by Gasteiger charge is 2.21. The molecule has 3 N–H and O–H groups in total. The maximum Gasteiger partial charge on any atom is 0.328 e. The standard InChI is InChI=1S/C24H17Br3N4O3/c1-13-10-16(26)4-8-19(13)29-23(33)24(34)30-31-20-9-5-17(27)11-14(20)12-21(31)22(32)28-18-6-2-15(25)3-7-18/h2-12H,1H3,(H,28,32)(H,29,33)(H,30,34). The molecule has 10 heteroatoms. The molecule has 0 saturated heterocycles. The fraction of sp³-hybridized carbons (Fsp3) is 0.0417. The lowest BCUT2D eigenvalue weighted by Gasteiger charge is -2.13. The van der Waals surface area contributed by atoms with Crippen LogP contribution in [0.3, 0.4) is 0 Å². The van der Waals surface area contributed by atoms with Gasteiger partial charge in [0.25, 0.3) is 5.91 Å². The van der Waals surface area contributed by atoms with Crippen LogP contribution >= 0.6 is 47.8 Å². The molecule has 4 aromatic rings. The molecule has 7 nitrogen and oxygen atoms in total. The summed E-state index contributed by atoms with van der Waals surface area (Å²) >= 11 is 10.1. The number of nitrogens with zero attached hydrogens (tertiary/aromatic N) is 1. The number of aryl methyl sites for hydroxylation is 1. The van der Waals surface area contributed by atoms with Crippen LogP contribution in [0.5, 0.6) is 0 Å². The summed E-state index contributed by atoms with van der Waals surface area (Å²) in [5.41, 5.74) is 5.17. The minimum atomic E-state index is -0.916. The molecule has 1 aromatic heterocycles. The first-order valence-corrected chi connectivity index (χ1v) is 12.4. The van der Waals surface area contributed by atoms with Crippen LogP contribution in [0.25, 0.3) is 10.9 Å². The number of halogens is 3. The van der Waals surface area contributed by atoms with Crippen LogP contribution in [0.4, 0.5) is 11.4 Å². The largest absolute Gasteiger partial charge is 0.328 e. The van der Waals surface area contributed by atoms with Gasteiger partial charge in [-0.15, -0.1) is 0 Å². The highest BCUT2D eigenvalue weighted by molar-refractivity contribution is 9.11. The summed E-state index contributed by atoms with van der Waals surface area (Å²) in [6, 6.07) is 19.4. The van der Waals surface area contributed by atoms with E-state index in [9.17, 15) is 14.4 Å². The predicted octanol–water partition coefficient (Wildman–Crippen LogP) is 6.20. The SMILES string of the molecule is Cc1cc(Br)ccc1NC(=O)C(=O)Nn1c(C(=O)Nc2ccc(Br)cc2)cc2cc(Br)ccc21. The van der Waals surface area contributed by atoms with E-state index in [0.717, 1.165) is 19.0 Å². The molecule has 3 amide bonds. The topological polar surface area (TPSA) is 92.2 Å². The fourth-order valence-corrected chi connectivity index (χ4v) is 4.42. The Kier molecular flexibility index (Phi) is 7.20. The monoisotopic (exact) mass is 646 g/mol. The normalized spacial score (nSPS) is 10.7. The molecule has 3 aromatic carbocycles. The lowest BCUT2D eigenvalue weighted by Crippen LogP contribution is -2.36. The van der Waals surface area contributed by atoms with Crippen LogP contribution in [-0.2, 0) is 9.59 Å².